The van der Waals surface area contributed by atoms with Gasteiger partial charge in [-0.1, -0.05) is 6.92 Å². The van der Waals surface area contributed by atoms with Crippen molar-refractivity contribution >= 4 is 5.69 Å². The molecule has 2 aromatic rings. The normalized spacial score (nSPS) is 10.7. The van der Waals surface area contributed by atoms with E-state index in [-0.39, 0.29) is 11.2 Å². The van der Waals surface area contributed by atoms with Crippen LogP contribution < -0.4 is 11.3 Å². The number of nitrogen functional groups attached to an aromatic ring is 1. The summed E-state index contributed by atoms with van der Waals surface area (Å²) in [5.74, 6) is 0. The average molecular weight is 232 g/mol. The monoisotopic (exact) mass is 232 g/mol. The van der Waals surface area contributed by atoms with Gasteiger partial charge in [0.1, 0.15) is 0 Å². The number of nitrogens with zero attached hydrogens (tertiary/aromatic N) is 3. The molecule has 0 saturated heterocycles. The predicted octanol–water partition coefficient (Wildman–Crippen LogP) is 0.775. The zero-order chi connectivity index (χ0) is 12.4. The molecule has 2 aromatic heterocycles. The van der Waals surface area contributed by atoms with Gasteiger partial charge in [0.2, 0.25) is 0 Å². The van der Waals surface area contributed by atoms with Crippen molar-refractivity contribution in [3.63, 3.8) is 0 Å². The lowest BCUT2D eigenvalue weighted by atomic mass is 10.3. The molecule has 0 bridgehead atoms. The number of pyridine rings is 1. The van der Waals surface area contributed by atoms with E-state index in [4.69, 9.17) is 5.73 Å². The highest BCUT2D eigenvalue weighted by Gasteiger charge is 2.06. The van der Waals surface area contributed by atoms with Crippen LogP contribution in [0, 0.1) is 0 Å². The summed E-state index contributed by atoms with van der Waals surface area (Å²) in [5, 5.41) is 4.35. The van der Waals surface area contributed by atoms with E-state index < -0.39 is 0 Å². The lowest BCUT2D eigenvalue weighted by Gasteiger charge is -2.06. The highest BCUT2D eigenvalue weighted by Crippen LogP contribution is 2.05. The number of anilines is 1. The summed E-state index contributed by atoms with van der Waals surface area (Å²) >= 11 is 0. The summed E-state index contributed by atoms with van der Waals surface area (Å²) in [5.41, 5.74) is 7.72. The Morgan fingerprint density at radius 2 is 2.24 bits per heavy atom. The van der Waals surface area contributed by atoms with E-state index in [1.54, 1.807) is 27.6 Å². The molecule has 5 nitrogen and oxygen atoms in total. The molecule has 5 heteroatoms. The SMILES string of the molecule is CCc1cc(Cn2cccc(N)c2=O)n(C)n1. The van der Waals surface area contributed by atoms with Crippen LogP contribution in [0.25, 0.3) is 0 Å². The molecule has 0 aromatic carbocycles. The highest BCUT2D eigenvalue weighted by molar-refractivity contribution is 5.33. The summed E-state index contributed by atoms with van der Waals surface area (Å²) < 4.78 is 3.39. The van der Waals surface area contributed by atoms with Gasteiger partial charge in [-0.05, 0) is 24.6 Å². The summed E-state index contributed by atoms with van der Waals surface area (Å²) in [6.07, 6.45) is 2.62. The zero-order valence-electron chi connectivity index (χ0n) is 10.1. The van der Waals surface area contributed by atoms with Gasteiger partial charge in [-0.3, -0.25) is 9.48 Å². The molecule has 2 rings (SSSR count). The Balaban J connectivity index is 2.34. The van der Waals surface area contributed by atoms with Crippen molar-refractivity contribution in [1.82, 2.24) is 14.3 Å². The topological polar surface area (TPSA) is 65.8 Å². The second-order valence-electron chi connectivity index (χ2n) is 4.00. The molecule has 0 fully saturated rings. The van der Waals surface area contributed by atoms with Gasteiger partial charge in [0.05, 0.1) is 23.6 Å². The number of aromatic nitrogens is 3. The minimum atomic E-state index is -0.160. The first-order chi connectivity index (χ1) is 8.11. The van der Waals surface area contributed by atoms with Crippen LogP contribution in [0.2, 0.25) is 0 Å². The Morgan fingerprint density at radius 3 is 2.88 bits per heavy atom. The van der Waals surface area contributed by atoms with Gasteiger partial charge in [0, 0.05) is 13.2 Å². The first kappa shape index (κ1) is 11.4. The van der Waals surface area contributed by atoms with E-state index in [1.807, 2.05) is 13.1 Å². The van der Waals surface area contributed by atoms with Crippen LogP contribution in [0.5, 0.6) is 0 Å². The molecular formula is C12H16N4O. The number of hydrogen-bond acceptors (Lipinski definition) is 3. The van der Waals surface area contributed by atoms with Gasteiger partial charge >= 0.3 is 0 Å². The van der Waals surface area contributed by atoms with Gasteiger partial charge in [-0.25, -0.2) is 0 Å². The number of aryl methyl sites for hydroxylation is 2. The summed E-state index contributed by atoms with van der Waals surface area (Å²) in [6.45, 7) is 2.55. The maximum absolute atomic E-state index is 11.8. The first-order valence-corrected chi connectivity index (χ1v) is 5.58. The Kier molecular flexibility index (Phi) is 2.99. The smallest absolute Gasteiger partial charge is 0.274 e. The van der Waals surface area contributed by atoms with Crippen LogP contribution in [0.15, 0.2) is 29.2 Å². The van der Waals surface area contributed by atoms with Crippen LogP contribution in [0.3, 0.4) is 0 Å². The van der Waals surface area contributed by atoms with Gasteiger partial charge in [-0.15, -0.1) is 0 Å². The molecule has 90 valence electrons. The standard InChI is InChI=1S/C12H16N4O/c1-3-9-7-10(15(2)14-9)8-16-6-4-5-11(13)12(16)17/h4-7H,3,8,13H2,1-2H3. The Labute approximate surface area is 99.5 Å². The maximum atomic E-state index is 11.8. The number of rotatable bonds is 3. The van der Waals surface area contributed by atoms with Crippen molar-refractivity contribution < 1.29 is 0 Å². The van der Waals surface area contributed by atoms with Crippen molar-refractivity contribution in [2.75, 3.05) is 5.73 Å². The van der Waals surface area contributed by atoms with E-state index in [0.717, 1.165) is 17.8 Å². The van der Waals surface area contributed by atoms with Crippen molar-refractivity contribution in [2.45, 2.75) is 19.9 Å². The van der Waals surface area contributed by atoms with E-state index in [9.17, 15) is 4.79 Å². The maximum Gasteiger partial charge on any atom is 0.274 e. The summed E-state index contributed by atoms with van der Waals surface area (Å²) in [7, 11) is 1.88. The Hall–Kier alpha value is -2.04. The van der Waals surface area contributed by atoms with Crippen molar-refractivity contribution in [3.8, 4) is 0 Å². The Bertz CT molecular complexity index is 582. The zero-order valence-corrected chi connectivity index (χ0v) is 10.1. The quantitative estimate of drug-likeness (QED) is 0.850. The predicted molar refractivity (Wildman–Crippen MR) is 66.8 cm³/mol. The molecule has 0 aliphatic carbocycles. The van der Waals surface area contributed by atoms with Gasteiger partial charge in [0.15, 0.2) is 0 Å². The summed E-state index contributed by atoms with van der Waals surface area (Å²) in [6, 6.07) is 5.39. The molecule has 0 aliphatic heterocycles. The number of hydrogen-bond donors (Lipinski definition) is 1. The molecule has 0 atom stereocenters. The van der Waals surface area contributed by atoms with E-state index in [0.29, 0.717) is 6.54 Å². The van der Waals surface area contributed by atoms with Crippen molar-refractivity contribution in [2.24, 2.45) is 7.05 Å². The van der Waals surface area contributed by atoms with Crippen LogP contribution >= 0.6 is 0 Å². The molecule has 0 radical (unpaired) electrons. The minimum Gasteiger partial charge on any atom is -0.394 e. The minimum absolute atomic E-state index is 0.160. The second kappa shape index (κ2) is 4.45. The van der Waals surface area contributed by atoms with Crippen molar-refractivity contribution in [3.05, 3.63) is 46.1 Å². The van der Waals surface area contributed by atoms with Gasteiger partial charge in [0.25, 0.3) is 5.56 Å². The van der Waals surface area contributed by atoms with Gasteiger partial charge in [-0.2, -0.15) is 5.10 Å². The fourth-order valence-corrected chi connectivity index (χ4v) is 1.75. The third-order valence-electron chi connectivity index (χ3n) is 2.77. The summed E-state index contributed by atoms with van der Waals surface area (Å²) in [4.78, 5) is 11.8. The average Bonchev–Trinajstić information content (AvgIpc) is 2.66. The third kappa shape index (κ3) is 2.22. The van der Waals surface area contributed by atoms with Crippen LogP contribution in [0.1, 0.15) is 18.3 Å². The van der Waals surface area contributed by atoms with E-state index >= 15 is 0 Å². The van der Waals surface area contributed by atoms with Gasteiger partial charge < -0.3 is 10.3 Å². The molecule has 0 spiro atoms. The molecule has 0 unspecified atom stereocenters. The molecule has 17 heavy (non-hydrogen) atoms. The molecule has 0 saturated carbocycles. The third-order valence-corrected chi connectivity index (χ3v) is 2.77. The molecule has 2 N–H and O–H groups in total. The van der Waals surface area contributed by atoms with Crippen LogP contribution in [0.4, 0.5) is 5.69 Å². The van der Waals surface area contributed by atoms with E-state index in [1.165, 1.54) is 0 Å². The fraction of sp³-hybridized carbons (Fsp3) is 0.333. The van der Waals surface area contributed by atoms with Crippen LogP contribution in [-0.4, -0.2) is 14.3 Å². The fourth-order valence-electron chi connectivity index (χ4n) is 1.75. The molecule has 0 amide bonds. The first-order valence-electron chi connectivity index (χ1n) is 5.58. The largest absolute Gasteiger partial charge is 0.394 e. The van der Waals surface area contributed by atoms with Crippen LogP contribution in [-0.2, 0) is 20.0 Å². The molecule has 0 aliphatic rings. The second-order valence-corrected chi connectivity index (χ2v) is 4.00. The molecule has 2 heterocycles. The lowest BCUT2D eigenvalue weighted by molar-refractivity contribution is 0.650. The highest BCUT2D eigenvalue weighted by atomic mass is 16.1. The van der Waals surface area contributed by atoms with Crippen molar-refractivity contribution in [1.29, 1.82) is 0 Å². The lowest BCUT2D eigenvalue weighted by Crippen LogP contribution is -2.23. The molecular weight excluding hydrogens is 216 g/mol. The van der Waals surface area contributed by atoms with E-state index in [2.05, 4.69) is 12.0 Å². The Morgan fingerprint density at radius 1 is 1.47 bits per heavy atom. The number of nitrogens with two attached hydrogens (primary N) is 1.